The van der Waals surface area contributed by atoms with E-state index in [0.29, 0.717) is 24.5 Å². The van der Waals surface area contributed by atoms with Gasteiger partial charge in [-0.3, -0.25) is 19.2 Å². The summed E-state index contributed by atoms with van der Waals surface area (Å²) in [5.41, 5.74) is 0.0538. The fraction of sp³-hybridized carbons (Fsp3) is 0.558. The molecule has 2 aromatic carbocycles. The van der Waals surface area contributed by atoms with E-state index < -0.39 is 29.2 Å². The first-order valence-corrected chi connectivity index (χ1v) is 19.5. The number of amides is 2. The molecule has 0 bridgehead atoms. The number of allylic oxidation sites excluding steroid dienone is 2. The summed E-state index contributed by atoms with van der Waals surface area (Å²) >= 11 is 0. The minimum Gasteiger partial charge on any atom is -0.461 e. The zero-order chi connectivity index (χ0) is 37.3. The van der Waals surface area contributed by atoms with Gasteiger partial charge in [0.2, 0.25) is 0 Å². The Morgan fingerprint density at radius 1 is 0.635 bits per heavy atom. The Balaban J connectivity index is 1.55. The molecule has 0 radical (unpaired) electrons. The Morgan fingerprint density at radius 2 is 1.15 bits per heavy atom. The zero-order valence-corrected chi connectivity index (χ0v) is 31.2. The van der Waals surface area contributed by atoms with E-state index in [1.54, 1.807) is 0 Å². The van der Waals surface area contributed by atoms with E-state index in [2.05, 4.69) is 6.92 Å². The third kappa shape index (κ3) is 15.5. The van der Waals surface area contributed by atoms with Gasteiger partial charge in [0.05, 0.1) is 0 Å². The molecule has 0 spiro atoms. The summed E-state index contributed by atoms with van der Waals surface area (Å²) in [6.07, 6.45) is 19.3. The number of benzene rings is 2. The van der Waals surface area contributed by atoms with E-state index in [9.17, 15) is 24.0 Å². The number of hydrogen-bond donors (Lipinski definition) is 0. The predicted molar refractivity (Wildman–Crippen MR) is 200 cm³/mol. The molecule has 9 nitrogen and oxygen atoms in total. The molecule has 9 heteroatoms. The molecule has 0 aromatic heterocycles. The molecular weight excluding hydrogens is 658 g/mol. The van der Waals surface area contributed by atoms with Gasteiger partial charge in [-0.15, -0.1) is 5.06 Å². The van der Waals surface area contributed by atoms with Crippen molar-refractivity contribution in [2.75, 3.05) is 0 Å². The largest absolute Gasteiger partial charge is 0.461 e. The van der Waals surface area contributed by atoms with Gasteiger partial charge >= 0.3 is 17.9 Å². The van der Waals surface area contributed by atoms with Crippen LogP contribution in [0.15, 0.2) is 72.8 Å². The highest BCUT2D eigenvalue weighted by atomic mass is 16.7. The van der Waals surface area contributed by atoms with Gasteiger partial charge in [-0.05, 0) is 43.2 Å². The quantitative estimate of drug-likeness (QED) is 0.0295. The average molecular weight is 718 g/mol. The molecule has 1 aliphatic heterocycles. The second-order valence-electron chi connectivity index (χ2n) is 13.8. The first-order chi connectivity index (χ1) is 25.4. The number of hydroxylamine groups is 2. The van der Waals surface area contributed by atoms with Gasteiger partial charge < -0.3 is 14.3 Å². The summed E-state index contributed by atoms with van der Waals surface area (Å²) in [6.45, 7) is 2.48. The predicted octanol–water partition coefficient (Wildman–Crippen LogP) is 9.66. The van der Waals surface area contributed by atoms with Crippen molar-refractivity contribution in [3.63, 3.8) is 0 Å². The number of carbonyl (C=O) groups excluding carboxylic acids is 5. The molecule has 1 saturated heterocycles. The van der Waals surface area contributed by atoms with E-state index in [4.69, 9.17) is 14.3 Å². The normalized spacial score (nSPS) is 14.1. The summed E-state index contributed by atoms with van der Waals surface area (Å²) in [5.74, 6) is -3.01. The van der Waals surface area contributed by atoms with Crippen molar-refractivity contribution in [1.82, 2.24) is 5.06 Å². The number of ether oxygens (including phenoxy) is 2. The Labute approximate surface area is 310 Å². The van der Waals surface area contributed by atoms with Crippen molar-refractivity contribution in [3.8, 4) is 0 Å². The molecule has 0 aliphatic carbocycles. The third-order valence-electron chi connectivity index (χ3n) is 9.51. The van der Waals surface area contributed by atoms with Crippen LogP contribution in [0.5, 0.6) is 0 Å². The van der Waals surface area contributed by atoms with Gasteiger partial charge in [-0.2, -0.15) is 0 Å². The van der Waals surface area contributed by atoms with E-state index in [1.807, 2.05) is 72.8 Å². The molecule has 1 fully saturated rings. The molecular formula is C43H59NO8. The number of rotatable bonds is 27. The maximum Gasteiger partial charge on any atom is 0.350 e. The molecule has 2 aromatic rings. The van der Waals surface area contributed by atoms with Crippen molar-refractivity contribution in [2.24, 2.45) is 5.41 Å². The standard InChI is InChI=1S/C43H59NO8/c1-2-3-4-5-6-8-11-14-23-32-43(41(48)51-35-37-27-20-17-21-28-37,42(49)52-44-38(45)30-31-39(44)46)33-24-15-12-9-7-10-13-22-29-40(47)50-34-36-25-18-16-19-26-36/h15-21,24-28H,2-14,22-23,29-35H2,1H3/b24-15+. The van der Waals surface area contributed by atoms with Gasteiger partial charge in [0.25, 0.3) is 11.8 Å². The lowest BCUT2D eigenvalue weighted by Crippen LogP contribution is -2.45. The molecule has 3 rings (SSSR count). The van der Waals surface area contributed by atoms with Crippen molar-refractivity contribution in [3.05, 3.63) is 83.9 Å². The molecule has 2 amide bonds. The molecule has 0 saturated carbocycles. The second-order valence-corrected chi connectivity index (χ2v) is 13.8. The van der Waals surface area contributed by atoms with E-state index >= 15 is 0 Å². The summed E-state index contributed by atoms with van der Waals surface area (Å²) in [7, 11) is 0. The summed E-state index contributed by atoms with van der Waals surface area (Å²) in [5, 5.41) is 0.518. The average Bonchev–Trinajstić information content (AvgIpc) is 3.48. The van der Waals surface area contributed by atoms with Crippen LogP contribution in [0.2, 0.25) is 0 Å². The van der Waals surface area contributed by atoms with Crippen LogP contribution in [-0.4, -0.2) is 34.8 Å². The lowest BCUT2D eigenvalue weighted by Gasteiger charge is -2.29. The fourth-order valence-corrected chi connectivity index (χ4v) is 6.26. The highest BCUT2D eigenvalue weighted by Crippen LogP contribution is 2.35. The number of unbranched alkanes of at least 4 members (excludes halogenated alkanes) is 13. The monoisotopic (exact) mass is 717 g/mol. The number of hydrogen-bond acceptors (Lipinski definition) is 8. The van der Waals surface area contributed by atoms with Gasteiger partial charge in [-0.25, -0.2) is 4.79 Å². The van der Waals surface area contributed by atoms with Gasteiger partial charge in [0, 0.05) is 19.3 Å². The van der Waals surface area contributed by atoms with E-state index in [0.717, 1.165) is 75.3 Å². The Hall–Kier alpha value is -4.27. The maximum atomic E-state index is 13.9. The molecule has 284 valence electrons. The first-order valence-electron chi connectivity index (χ1n) is 19.5. The van der Waals surface area contributed by atoms with Crippen LogP contribution < -0.4 is 0 Å². The Kier molecular flexibility index (Phi) is 20.1. The van der Waals surface area contributed by atoms with Crippen LogP contribution in [0.25, 0.3) is 0 Å². The number of esters is 2. The number of nitrogens with zero attached hydrogens (tertiary/aromatic N) is 1. The van der Waals surface area contributed by atoms with E-state index in [1.165, 1.54) is 25.7 Å². The van der Waals surface area contributed by atoms with Crippen LogP contribution in [0.1, 0.15) is 146 Å². The second kappa shape index (κ2) is 24.8. The molecule has 1 heterocycles. The smallest absolute Gasteiger partial charge is 0.350 e. The highest BCUT2D eigenvalue weighted by molar-refractivity contribution is 6.04. The summed E-state index contributed by atoms with van der Waals surface area (Å²) in [6, 6.07) is 18.9. The van der Waals surface area contributed by atoms with Crippen LogP contribution in [0, 0.1) is 5.41 Å². The van der Waals surface area contributed by atoms with Crippen molar-refractivity contribution in [1.29, 1.82) is 0 Å². The SMILES string of the molecule is CCCCCCCCCCCC(C/C=C/CCCCCCCC(=O)OCc1ccccc1)(C(=O)OCc1ccccc1)C(=O)ON1C(=O)CCC1=O. The zero-order valence-electron chi connectivity index (χ0n) is 31.2. The van der Waals surface area contributed by atoms with Crippen LogP contribution in [0.4, 0.5) is 0 Å². The first kappa shape index (κ1) is 42.1. The minimum absolute atomic E-state index is 0.0114. The van der Waals surface area contributed by atoms with Crippen molar-refractivity contribution < 1.29 is 38.3 Å². The molecule has 52 heavy (non-hydrogen) atoms. The topological polar surface area (TPSA) is 116 Å². The fourth-order valence-electron chi connectivity index (χ4n) is 6.26. The van der Waals surface area contributed by atoms with E-state index in [-0.39, 0.29) is 38.3 Å². The van der Waals surface area contributed by atoms with Crippen molar-refractivity contribution >= 4 is 29.7 Å². The van der Waals surface area contributed by atoms with Gasteiger partial charge in [0.1, 0.15) is 13.2 Å². The van der Waals surface area contributed by atoms with Crippen LogP contribution >= 0.6 is 0 Å². The maximum absolute atomic E-state index is 13.9. The third-order valence-corrected chi connectivity index (χ3v) is 9.51. The summed E-state index contributed by atoms with van der Waals surface area (Å²) < 4.78 is 11.1. The van der Waals surface area contributed by atoms with Crippen molar-refractivity contribution in [2.45, 2.75) is 149 Å². The summed E-state index contributed by atoms with van der Waals surface area (Å²) in [4.78, 5) is 70.1. The lowest BCUT2D eigenvalue weighted by molar-refractivity contribution is -0.209. The molecule has 1 unspecified atom stereocenters. The molecule has 1 aliphatic rings. The molecule has 1 atom stereocenters. The Bertz CT molecular complexity index is 1380. The number of imide groups is 1. The number of carbonyl (C=O) groups is 5. The lowest BCUT2D eigenvalue weighted by atomic mass is 9.79. The highest BCUT2D eigenvalue weighted by Gasteiger charge is 2.50. The van der Waals surface area contributed by atoms with Crippen LogP contribution in [0.3, 0.4) is 0 Å². The molecule has 0 N–H and O–H groups in total. The van der Waals surface area contributed by atoms with Gasteiger partial charge in [-0.1, -0.05) is 157 Å². The van der Waals surface area contributed by atoms with Crippen LogP contribution in [-0.2, 0) is 51.5 Å². The minimum atomic E-state index is -1.70. The Morgan fingerprint density at radius 3 is 1.75 bits per heavy atom. The van der Waals surface area contributed by atoms with Gasteiger partial charge in [0.15, 0.2) is 5.41 Å².